The molecule has 5 nitrogen and oxygen atoms in total. The molecule has 0 saturated carbocycles. The lowest BCUT2D eigenvalue weighted by Crippen LogP contribution is -2.40. The van der Waals surface area contributed by atoms with Gasteiger partial charge >= 0.3 is 5.97 Å². The second-order valence-corrected chi connectivity index (χ2v) is 8.29. The molecule has 8 heteroatoms. The first-order valence-electron chi connectivity index (χ1n) is 9.60. The summed E-state index contributed by atoms with van der Waals surface area (Å²) in [5, 5.41) is 0.428. The number of ether oxygens (including phenoxy) is 1. The molecule has 2 heterocycles. The number of benzene rings is 2. The van der Waals surface area contributed by atoms with E-state index in [1.54, 1.807) is 56.3 Å². The summed E-state index contributed by atoms with van der Waals surface area (Å²) in [6.45, 7) is 3.63. The number of rotatable bonds is 4. The van der Waals surface area contributed by atoms with Crippen molar-refractivity contribution in [2.75, 3.05) is 6.61 Å². The van der Waals surface area contributed by atoms with Crippen LogP contribution < -0.4 is 14.9 Å². The predicted octanol–water partition coefficient (Wildman–Crippen LogP) is 3.59. The minimum absolute atomic E-state index is 0.194. The number of fused-ring (bicyclic) bond motifs is 1. The summed E-state index contributed by atoms with van der Waals surface area (Å²) < 4.78 is 20.4. The fourth-order valence-corrected chi connectivity index (χ4v) is 4.78. The smallest absolute Gasteiger partial charge is 0.338 e. The Kier molecular flexibility index (Phi) is 5.89. The number of carbonyl (C=O) groups excluding carboxylic acids is 1. The van der Waals surface area contributed by atoms with Crippen molar-refractivity contribution in [2.24, 2.45) is 4.99 Å². The van der Waals surface area contributed by atoms with E-state index in [0.717, 1.165) is 0 Å². The van der Waals surface area contributed by atoms with E-state index < -0.39 is 12.0 Å². The van der Waals surface area contributed by atoms with Crippen LogP contribution in [0, 0.1) is 5.82 Å². The molecular formula is C23H18ClFN2O3S. The molecule has 0 saturated heterocycles. The maximum Gasteiger partial charge on any atom is 0.338 e. The zero-order chi connectivity index (χ0) is 22.1. The van der Waals surface area contributed by atoms with Gasteiger partial charge in [0.1, 0.15) is 11.9 Å². The number of thiazole rings is 1. The standard InChI is InChI=1S/C23H18ClFN2O3S/c1-3-30-22(29)19-13(2)26-23-27(20(19)16-6-4-5-7-17(16)24)21(28)18(31-23)12-14-8-10-15(25)11-9-14/h4-12,20H,3H2,1-2H3. The van der Waals surface area contributed by atoms with Crippen molar-refractivity contribution in [3.8, 4) is 0 Å². The van der Waals surface area contributed by atoms with Gasteiger partial charge in [0.25, 0.3) is 5.56 Å². The number of carbonyl (C=O) groups is 1. The molecule has 3 aromatic rings. The summed E-state index contributed by atoms with van der Waals surface area (Å²) >= 11 is 7.66. The molecule has 31 heavy (non-hydrogen) atoms. The zero-order valence-electron chi connectivity index (χ0n) is 16.8. The van der Waals surface area contributed by atoms with E-state index in [4.69, 9.17) is 16.3 Å². The van der Waals surface area contributed by atoms with Crippen LogP contribution >= 0.6 is 22.9 Å². The Labute approximate surface area is 186 Å². The molecule has 158 valence electrons. The van der Waals surface area contributed by atoms with Crippen LogP contribution in [-0.4, -0.2) is 17.1 Å². The summed E-state index contributed by atoms with van der Waals surface area (Å²) in [6.07, 6.45) is 1.68. The van der Waals surface area contributed by atoms with Crippen molar-refractivity contribution in [1.82, 2.24) is 4.57 Å². The molecule has 1 atom stereocenters. The van der Waals surface area contributed by atoms with Gasteiger partial charge in [0.2, 0.25) is 0 Å². The van der Waals surface area contributed by atoms with Crippen LogP contribution in [0.25, 0.3) is 6.08 Å². The second kappa shape index (κ2) is 8.61. The molecule has 0 radical (unpaired) electrons. The number of halogens is 2. The third-order valence-corrected chi connectivity index (χ3v) is 6.21. The fourth-order valence-electron chi connectivity index (χ4n) is 3.49. The van der Waals surface area contributed by atoms with E-state index in [-0.39, 0.29) is 23.6 Å². The van der Waals surface area contributed by atoms with E-state index in [2.05, 4.69) is 4.99 Å². The van der Waals surface area contributed by atoms with Gasteiger partial charge in [-0.2, -0.15) is 0 Å². The van der Waals surface area contributed by atoms with Crippen molar-refractivity contribution in [3.63, 3.8) is 0 Å². The highest BCUT2D eigenvalue weighted by atomic mass is 35.5. The Hall–Kier alpha value is -3.03. The van der Waals surface area contributed by atoms with Gasteiger partial charge in [0.15, 0.2) is 4.80 Å². The molecule has 0 aliphatic carbocycles. The molecule has 0 N–H and O–H groups in total. The van der Waals surface area contributed by atoms with E-state index in [0.29, 0.717) is 31.2 Å². The molecule has 1 aliphatic heterocycles. The first-order valence-corrected chi connectivity index (χ1v) is 10.8. The van der Waals surface area contributed by atoms with Crippen LogP contribution in [0.1, 0.15) is 31.0 Å². The van der Waals surface area contributed by atoms with Crippen molar-refractivity contribution in [2.45, 2.75) is 19.9 Å². The Bertz CT molecular complexity index is 1370. The van der Waals surface area contributed by atoms with Gasteiger partial charge in [0, 0.05) is 5.02 Å². The molecule has 2 aromatic carbocycles. The maximum absolute atomic E-state index is 13.4. The number of hydrogen-bond donors (Lipinski definition) is 0. The van der Waals surface area contributed by atoms with Gasteiger partial charge in [0.05, 0.1) is 22.4 Å². The van der Waals surface area contributed by atoms with Crippen molar-refractivity contribution in [3.05, 3.63) is 101 Å². The van der Waals surface area contributed by atoms with Gasteiger partial charge in [-0.05, 0) is 49.2 Å². The molecule has 1 aromatic heterocycles. The normalized spacial score (nSPS) is 16.1. The summed E-state index contributed by atoms with van der Waals surface area (Å²) in [5.74, 6) is -0.895. The molecule has 0 amide bonds. The Balaban J connectivity index is 1.97. The van der Waals surface area contributed by atoms with E-state index in [1.165, 1.54) is 28.0 Å². The molecular weight excluding hydrogens is 439 g/mol. The summed E-state index contributed by atoms with van der Waals surface area (Å²) in [5.41, 5.74) is 1.72. The summed E-state index contributed by atoms with van der Waals surface area (Å²) in [7, 11) is 0. The Morgan fingerprint density at radius 1 is 1.26 bits per heavy atom. The third-order valence-electron chi connectivity index (χ3n) is 4.88. The van der Waals surface area contributed by atoms with Crippen molar-refractivity contribution >= 4 is 35.0 Å². The van der Waals surface area contributed by atoms with Gasteiger partial charge < -0.3 is 4.74 Å². The van der Waals surface area contributed by atoms with Crippen LogP contribution in [0.4, 0.5) is 4.39 Å². The quantitative estimate of drug-likeness (QED) is 0.564. The highest BCUT2D eigenvalue weighted by Crippen LogP contribution is 2.34. The molecule has 0 fully saturated rings. The molecule has 0 bridgehead atoms. The minimum Gasteiger partial charge on any atom is -0.463 e. The van der Waals surface area contributed by atoms with Crippen LogP contribution in [0.2, 0.25) is 5.02 Å². The van der Waals surface area contributed by atoms with Crippen LogP contribution in [-0.2, 0) is 9.53 Å². The average molecular weight is 457 g/mol. The van der Waals surface area contributed by atoms with Gasteiger partial charge in [-0.3, -0.25) is 9.36 Å². The summed E-state index contributed by atoms with van der Waals surface area (Å²) in [6, 6.07) is 12.2. The topological polar surface area (TPSA) is 60.7 Å². The lowest BCUT2D eigenvalue weighted by molar-refractivity contribution is -0.139. The zero-order valence-corrected chi connectivity index (χ0v) is 18.3. The maximum atomic E-state index is 13.4. The number of allylic oxidation sites excluding steroid dienone is 1. The average Bonchev–Trinajstić information content (AvgIpc) is 3.04. The van der Waals surface area contributed by atoms with E-state index in [1.807, 2.05) is 0 Å². The third kappa shape index (κ3) is 3.98. The van der Waals surface area contributed by atoms with Gasteiger partial charge in [-0.25, -0.2) is 14.2 Å². The van der Waals surface area contributed by atoms with E-state index in [9.17, 15) is 14.0 Å². The van der Waals surface area contributed by atoms with Crippen molar-refractivity contribution < 1.29 is 13.9 Å². The van der Waals surface area contributed by atoms with Gasteiger partial charge in [-0.1, -0.05) is 53.3 Å². The van der Waals surface area contributed by atoms with Crippen molar-refractivity contribution in [1.29, 1.82) is 0 Å². The molecule has 1 unspecified atom stereocenters. The Morgan fingerprint density at radius 3 is 2.65 bits per heavy atom. The molecule has 4 rings (SSSR count). The van der Waals surface area contributed by atoms with Crippen LogP contribution in [0.5, 0.6) is 0 Å². The van der Waals surface area contributed by atoms with Gasteiger partial charge in [-0.15, -0.1) is 0 Å². The SMILES string of the molecule is CCOC(=O)C1=C(C)N=c2sc(=Cc3ccc(F)cc3)c(=O)n2C1c1ccccc1Cl. The Morgan fingerprint density at radius 2 is 1.97 bits per heavy atom. The summed E-state index contributed by atoms with van der Waals surface area (Å²) in [4.78, 5) is 31.2. The lowest BCUT2D eigenvalue weighted by Gasteiger charge is -2.25. The monoisotopic (exact) mass is 456 g/mol. The predicted molar refractivity (Wildman–Crippen MR) is 118 cm³/mol. The number of nitrogens with zero attached hydrogens (tertiary/aromatic N) is 2. The minimum atomic E-state index is -0.764. The molecule has 0 spiro atoms. The highest BCUT2D eigenvalue weighted by Gasteiger charge is 2.34. The highest BCUT2D eigenvalue weighted by molar-refractivity contribution is 7.07. The first-order chi connectivity index (χ1) is 14.9. The molecule has 1 aliphatic rings. The van der Waals surface area contributed by atoms with Crippen LogP contribution in [0.3, 0.4) is 0 Å². The second-order valence-electron chi connectivity index (χ2n) is 6.88. The largest absolute Gasteiger partial charge is 0.463 e. The first kappa shape index (κ1) is 21.2. The number of aromatic nitrogens is 1. The number of hydrogen-bond acceptors (Lipinski definition) is 5. The van der Waals surface area contributed by atoms with E-state index >= 15 is 0 Å². The fraction of sp³-hybridized carbons (Fsp3) is 0.174. The lowest BCUT2D eigenvalue weighted by atomic mass is 9.96. The van der Waals surface area contributed by atoms with Crippen LogP contribution in [0.15, 0.2) is 69.6 Å². The number of esters is 1.